The molecular weight excluding hydrogens is 212 g/mol. The molecule has 2 rings (SSSR count). The van der Waals surface area contributed by atoms with E-state index in [1.165, 1.54) is 44.9 Å². The molecule has 0 spiro atoms. The van der Waals surface area contributed by atoms with Crippen molar-refractivity contribution < 1.29 is 4.79 Å². The van der Waals surface area contributed by atoms with Crippen LogP contribution in [0.25, 0.3) is 0 Å². The van der Waals surface area contributed by atoms with Gasteiger partial charge in [-0.2, -0.15) is 0 Å². The highest BCUT2D eigenvalue weighted by Gasteiger charge is 2.24. The minimum Gasteiger partial charge on any atom is -0.352 e. The first-order chi connectivity index (χ1) is 8.25. The van der Waals surface area contributed by atoms with Crippen LogP contribution >= 0.6 is 0 Å². The van der Waals surface area contributed by atoms with Gasteiger partial charge in [-0.1, -0.05) is 44.9 Å². The number of rotatable bonds is 4. The quantitative estimate of drug-likeness (QED) is 0.790. The van der Waals surface area contributed by atoms with Crippen LogP contribution < -0.4 is 11.1 Å². The second-order valence-electron chi connectivity index (χ2n) is 5.84. The first-order valence-corrected chi connectivity index (χ1v) is 7.31. The van der Waals surface area contributed by atoms with Crippen molar-refractivity contribution in [2.75, 3.05) is 0 Å². The lowest BCUT2D eigenvalue weighted by molar-refractivity contribution is -0.123. The normalized spacial score (nSPS) is 24.8. The molecule has 0 saturated heterocycles. The summed E-state index contributed by atoms with van der Waals surface area (Å²) < 4.78 is 0. The smallest absolute Gasteiger partial charge is 0.237 e. The summed E-state index contributed by atoms with van der Waals surface area (Å²) in [5.41, 5.74) is 6.01. The summed E-state index contributed by atoms with van der Waals surface area (Å²) in [7, 11) is 0. The van der Waals surface area contributed by atoms with E-state index in [2.05, 4.69) is 5.32 Å². The van der Waals surface area contributed by atoms with Gasteiger partial charge in [0.15, 0.2) is 0 Å². The first-order valence-electron chi connectivity index (χ1n) is 7.31. The number of nitrogens with two attached hydrogens (primary N) is 1. The van der Waals surface area contributed by atoms with Crippen LogP contribution in [-0.4, -0.2) is 18.0 Å². The van der Waals surface area contributed by atoms with Gasteiger partial charge in [0, 0.05) is 6.04 Å². The zero-order chi connectivity index (χ0) is 12.1. The molecule has 2 aliphatic rings. The van der Waals surface area contributed by atoms with Crippen LogP contribution in [0, 0.1) is 5.92 Å². The SMILES string of the molecule is NC(CC1CCCCC1)C(=O)NC1CCCC1. The Morgan fingerprint density at radius 3 is 2.29 bits per heavy atom. The summed E-state index contributed by atoms with van der Waals surface area (Å²) in [6, 6.07) is 0.124. The third kappa shape index (κ3) is 3.98. The number of hydrogen-bond donors (Lipinski definition) is 2. The number of nitrogens with one attached hydrogen (secondary N) is 1. The van der Waals surface area contributed by atoms with Crippen LogP contribution in [0.15, 0.2) is 0 Å². The van der Waals surface area contributed by atoms with Gasteiger partial charge in [-0.05, 0) is 25.2 Å². The Kier molecular flexibility index (Phi) is 4.84. The van der Waals surface area contributed by atoms with Crippen molar-refractivity contribution in [2.45, 2.75) is 76.3 Å². The van der Waals surface area contributed by atoms with Crippen molar-refractivity contribution in [1.29, 1.82) is 0 Å². The Morgan fingerprint density at radius 2 is 1.65 bits per heavy atom. The van der Waals surface area contributed by atoms with Crippen molar-refractivity contribution >= 4 is 5.91 Å². The van der Waals surface area contributed by atoms with Crippen LogP contribution in [0.2, 0.25) is 0 Å². The third-order valence-corrected chi connectivity index (χ3v) is 4.35. The van der Waals surface area contributed by atoms with E-state index >= 15 is 0 Å². The Labute approximate surface area is 105 Å². The number of carbonyl (C=O) groups excluding carboxylic acids is 1. The van der Waals surface area contributed by atoms with Crippen molar-refractivity contribution in [1.82, 2.24) is 5.32 Å². The average molecular weight is 238 g/mol. The number of carbonyl (C=O) groups is 1. The van der Waals surface area contributed by atoms with Crippen LogP contribution in [-0.2, 0) is 4.79 Å². The predicted molar refractivity (Wildman–Crippen MR) is 69.6 cm³/mol. The van der Waals surface area contributed by atoms with E-state index in [4.69, 9.17) is 5.73 Å². The highest BCUT2D eigenvalue weighted by molar-refractivity contribution is 5.81. The Bertz CT molecular complexity index is 243. The molecule has 1 unspecified atom stereocenters. The maximum atomic E-state index is 11.9. The molecule has 0 bridgehead atoms. The second-order valence-corrected chi connectivity index (χ2v) is 5.84. The molecule has 3 N–H and O–H groups in total. The van der Waals surface area contributed by atoms with Crippen molar-refractivity contribution in [3.8, 4) is 0 Å². The van der Waals surface area contributed by atoms with Crippen LogP contribution in [0.1, 0.15) is 64.2 Å². The van der Waals surface area contributed by atoms with Crippen molar-refractivity contribution in [2.24, 2.45) is 11.7 Å². The first kappa shape index (κ1) is 12.9. The number of amides is 1. The minimum absolute atomic E-state index is 0.0856. The molecule has 0 heterocycles. The highest BCUT2D eigenvalue weighted by Crippen LogP contribution is 2.27. The Morgan fingerprint density at radius 1 is 1.06 bits per heavy atom. The van der Waals surface area contributed by atoms with Gasteiger partial charge in [-0.15, -0.1) is 0 Å². The fourth-order valence-corrected chi connectivity index (χ4v) is 3.27. The molecule has 0 radical (unpaired) electrons. The fourth-order valence-electron chi connectivity index (χ4n) is 3.27. The predicted octanol–water partition coefficient (Wildman–Crippen LogP) is 2.34. The van der Waals surface area contributed by atoms with E-state index in [0.29, 0.717) is 12.0 Å². The zero-order valence-corrected chi connectivity index (χ0v) is 10.8. The Balaban J connectivity index is 1.70. The number of hydrogen-bond acceptors (Lipinski definition) is 2. The summed E-state index contributed by atoms with van der Waals surface area (Å²) in [6.07, 6.45) is 12.2. The molecule has 0 aromatic rings. The van der Waals surface area contributed by atoms with Gasteiger partial charge in [-0.25, -0.2) is 0 Å². The van der Waals surface area contributed by atoms with Gasteiger partial charge in [0.05, 0.1) is 6.04 Å². The Hall–Kier alpha value is -0.570. The standard InChI is InChI=1S/C14H26N2O/c15-13(10-11-6-2-1-3-7-11)14(17)16-12-8-4-5-9-12/h11-13H,1-10,15H2,(H,16,17). The van der Waals surface area contributed by atoms with Crippen LogP contribution in [0.3, 0.4) is 0 Å². The summed E-state index contributed by atoms with van der Waals surface area (Å²) in [5.74, 6) is 0.774. The van der Waals surface area contributed by atoms with Crippen LogP contribution in [0.4, 0.5) is 0 Å². The van der Waals surface area contributed by atoms with Crippen LogP contribution in [0.5, 0.6) is 0 Å². The summed E-state index contributed by atoms with van der Waals surface area (Å²) in [5, 5.41) is 3.10. The molecule has 3 nitrogen and oxygen atoms in total. The molecule has 98 valence electrons. The molecule has 2 aliphatic carbocycles. The summed E-state index contributed by atoms with van der Waals surface area (Å²) in [4.78, 5) is 11.9. The van der Waals surface area contributed by atoms with Gasteiger partial charge < -0.3 is 11.1 Å². The largest absolute Gasteiger partial charge is 0.352 e. The average Bonchev–Trinajstić information content (AvgIpc) is 2.83. The zero-order valence-electron chi connectivity index (χ0n) is 10.8. The minimum atomic E-state index is -0.279. The lowest BCUT2D eigenvalue weighted by Crippen LogP contribution is -2.45. The van der Waals surface area contributed by atoms with E-state index in [1.54, 1.807) is 0 Å². The van der Waals surface area contributed by atoms with E-state index in [-0.39, 0.29) is 11.9 Å². The molecule has 1 amide bonds. The van der Waals surface area contributed by atoms with Gasteiger partial charge in [0.2, 0.25) is 5.91 Å². The van der Waals surface area contributed by atoms with E-state index in [1.807, 2.05) is 0 Å². The van der Waals surface area contributed by atoms with Crippen molar-refractivity contribution in [3.05, 3.63) is 0 Å². The molecule has 17 heavy (non-hydrogen) atoms. The third-order valence-electron chi connectivity index (χ3n) is 4.35. The molecule has 2 saturated carbocycles. The molecule has 0 aromatic carbocycles. The lowest BCUT2D eigenvalue weighted by Gasteiger charge is -2.24. The van der Waals surface area contributed by atoms with Crippen molar-refractivity contribution in [3.63, 3.8) is 0 Å². The maximum Gasteiger partial charge on any atom is 0.237 e. The second kappa shape index (κ2) is 6.39. The molecular formula is C14H26N2O. The molecule has 0 aliphatic heterocycles. The van der Waals surface area contributed by atoms with E-state index in [0.717, 1.165) is 19.3 Å². The lowest BCUT2D eigenvalue weighted by atomic mass is 9.85. The summed E-state index contributed by atoms with van der Waals surface area (Å²) in [6.45, 7) is 0. The van der Waals surface area contributed by atoms with Gasteiger partial charge in [0.1, 0.15) is 0 Å². The van der Waals surface area contributed by atoms with Gasteiger partial charge in [-0.3, -0.25) is 4.79 Å². The topological polar surface area (TPSA) is 55.1 Å². The van der Waals surface area contributed by atoms with E-state index < -0.39 is 0 Å². The maximum absolute atomic E-state index is 11.9. The van der Waals surface area contributed by atoms with Gasteiger partial charge >= 0.3 is 0 Å². The summed E-state index contributed by atoms with van der Waals surface area (Å²) >= 11 is 0. The fraction of sp³-hybridized carbons (Fsp3) is 0.929. The highest BCUT2D eigenvalue weighted by atomic mass is 16.2. The van der Waals surface area contributed by atoms with Gasteiger partial charge in [0.25, 0.3) is 0 Å². The molecule has 0 aromatic heterocycles. The monoisotopic (exact) mass is 238 g/mol. The van der Waals surface area contributed by atoms with E-state index in [9.17, 15) is 4.79 Å². The molecule has 1 atom stereocenters. The molecule has 3 heteroatoms. The molecule has 2 fully saturated rings.